The van der Waals surface area contributed by atoms with Crippen molar-refractivity contribution in [2.75, 3.05) is 39.3 Å². The molecule has 0 aliphatic rings. The van der Waals surface area contributed by atoms with Crippen LogP contribution in [-0.2, 0) is 13.9 Å². The Morgan fingerprint density at radius 2 is 1.93 bits per heavy atom. The summed E-state index contributed by atoms with van der Waals surface area (Å²) in [4.78, 5) is 0. The van der Waals surface area contributed by atoms with Gasteiger partial charge in [0.25, 0.3) is 0 Å². The van der Waals surface area contributed by atoms with Crippen LogP contribution in [0.1, 0.15) is 12.8 Å². The minimum atomic E-state index is 0.622. The molecule has 0 aromatic rings. The molecule has 3 nitrogen and oxygen atoms in total. The van der Waals surface area contributed by atoms with Crippen molar-refractivity contribution in [1.29, 1.82) is 0 Å². The fourth-order valence-corrected chi connectivity index (χ4v) is 1.98. The summed E-state index contributed by atoms with van der Waals surface area (Å²) < 4.78 is 15.6. The van der Waals surface area contributed by atoms with Crippen molar-refractivity contribution in [3.8, 4) is 0 Å². The Labute approximate surface area is 94.9 Å². The number of ether oxygens (including phenoxy) is 2. The lowest BCUT2D eigenvalue weighted by atomic mass is 10.5. The highest BCUT2D eigenvalue weighted by atomic mass is 32.1. The Morgan fingerprint density at radius 1 is 1.07 bits per heavy atom. The van der Waals surface area contributed by atoms with E-state index in [2.05, 4.69) is 12.6 Å². The molecule has 0 unspecified atom stereocenters. The molecule has 0 aliphatic carbocycles. The number of hydrogen-bond donors (Lipinski definition) is 1. The van der Waals surface area contributed by atoms with Gasteiger partial charge in [-0.15, -0.1) is 0 Å². The minimum Gasteiger partial charge on any atom is -0.417 e. The highest BCUT2D eigenvalue weighted by Crippen LogP contribution is 1.92. The van der Waals surface area contributed by atoms with E-state index in [0.717, 1.165) is 37.9 Å². The second kappa shape index (κ2) is 13.4. The van der Waals surface area contributed by atoms with Crippen LogP contribution in [0, 0.1) is 0 Å². The third kappa shape index (κ3) is 12.4. The number of hydrogen-bond acceptors (Lipinski definition) is 4. The molecule has 0 atom stereocenters. The largest absolute Gasteiger partial charge is 0.417 e. The quantitative estimate of drug-likeness (QED) is 0.334. The molecule has 2 radical (unpaired) electrons. The van der Waals surface area contributed by atoms with Gasteiger partial charge in [0.1, 0.15) is 0 Å². The van der Waals surface area contributed by atoms with E-state index >= 15 is 0 Å². The molecule has 0 amide bonds. The minimum absolute atomic E-state index is 0.622. The van der Waals surface area contributed by atoms with E-state index in [1.807, 2.05) is 0 Å². The first-order chi connectivity index (χ1) is 6.91. The van der Waals surface area contributed by atoms with Crippen LogP contribution in [0.2, 0.25) is 6.04 Å². The second-order valence-electron chi connectivity index (χ2n) is 2.78. The van der Waals surface area contributed by atoms with Crippen LogP contribution in [0.15, 0.2) is 0 Å². The number of methoxy groups -OCH3 is 1. The Kier molecular flexibility index (Phi) is 13.9. The predicted molar refractivity (Wildman–Crippen MR) is 62.3 cm³/mol. The molecule has 0 fully saturated rings. The molecule has 0 rings (SSSR count). The summed E-state index contributed by atoms with van der Waals surface area (Å²) in [7, 11) is 2.30. The maximum atomic E-state index is 5.42. The monoisotopic (exact) mass is 236 g/mol. The summed E-state index contributed by atoms with van der Waals surface area (Å²) in [5.74, 6) is 0.955. The lowest BCUT2D eigenvalue weighted by molar-refractivity contribution is 0.0646. The summed E-state index contributed by atoms with van der Waals surface area (Å²) in [6.07, 6.45) is 2.11. The summed E-state index contributed by atoms with van der Waals surface area (Å²) in [5, 5.41) is 0. The second-order valence-corrected chi connectivity index (χ2v) is 4.30. The van der Waals surface area contributed by atoms with E-state index < -0.39 is 0 Å². The molecule has 5 heteroatoms. The van der Waals surface area contributed by atoms with Crippen LogP contribution in [0.4, 0.5) is 0 Å². The smallest absolute Gasteiger partial charge is 0.229 e. The highest BCUT2D eigenvalue weighted by Gasteiger charge is 1.92. The maximum Gasteiger partial charge on any atom is 0.229 e. The zero-order valence-corrected chi connectivity index (χ0v) is 10.7. The normalized spacial score (nSPS) is 10.7. The van der Waals surface area contributed by atoms with Gasteiger partial charge in [-0.3, -0.25) is 0 Å². The van der Waals surface area contributed by atoms with Gasteiger partial charge < -0.3 is 13.9 Å². The Hall–Kier alpha value is 0.447. The molecule has 0 saturated carbocycles. The third-order valence-electron chi connectivity index (χ3n) is 1.51. The van der Waals surface area contributed by atoms with E-state index in [-0.39, 0.29) is 0 Å². The molecule has 14 heavy (non-hydrogen) atoms. The lowest BCUT2D eigenvalue weighted by Gasteiger charge is -2.04. The Balaban J connectivity index is 2.78. The fraction of sp³-hybridized carbons (Fsp3) is 1.00. The van der Waals surface area contributed by atoms with Gasteiger partial charge in [-0.05, 0) is 24.6 Å². The van der Waals surface area contributed by atoms with E-state index in [0.29, 0.717) is 23.0 Å². The first kappa shape index (κ1) is 14.4. The zero-order chi connectivity index (χ0) is 10.5. The molecule has 0 heterocycles. The van der Waals surface area contributed by atoms with Gasteiger partial charge in [0.15, 0.2) is 0 Å². The van der Waals surface area contributed by atoms with Crippen LogP contribution in [0.5, 0.6) is 0 Å². The van der Waals surface area contributed by atoms with Crippen molar-refractivity contribution in [3.63, 3.8) is 0 Å². The van der Waals surface area contributed by atoms with Crippen molar-refractivity contribution in [2.24, 2.45) is 0 Å². The molecule has 0 saturated heterocycles. The third-order valence-corrected chi connectivity index (χ3v) is 2.79. The Bertz CT molecular complexity index is 94.1. The van der Waals surface area contributed by atoms with Crippen molar-refractivity contribution in [1.82, 2.24) is 0 Å². The molecule has 0 spiro atoms. The number of rotatable bonds is 11. The van der Waals surface area contributed by atoms with Gasteiger partial charge in [-0.25, -0.2) is 0 Å². The van der Waals surface area contributed by atoms with Crippen LogP contribution in [0.3, 0.4) is 0 Å². The number of thiol groups is 1. The lowest BCUT2D eigenvalue weighted by Crippen LogP contribution is -2.07. The van der Waals surface area contributed by atoms with Gasteiger partial charge in [-0.1, -0.05) is 0 Å². The van der Waals surface area contributed by atoms with Crippen LogP contribution >= 0.6 is 12.6 Å². The van der Waals surface area contributed by atoms with Crippen LogP contribution < -0.4 is 0 Å². The summed E-state index contributed by atoms with van der Waals surface area (Å²) in [6.45, 7) is 2.92. The fourth-order valence-electron chi connectivity index (χ4n) is 0.773. The van der Waals surface area contributed by atoms with Gasteiger partial charge in [0.2, 0.25) is 9.76 Å². The zero-order valence-electron chi connectivity index (χ0n) is 8.83. The molecule has 0 aromatic heterocycles. The molecular formula is C9H20O3SSi. The molecular weight excluding hydrogens is 216 g/mol. The molecule has 0 N–H and O–H groups in total. The average Bonchev–Trinajstić information content (AvgIpc) is 2.21. The van der Waals surface area contributed by atoms with E-state index in [1.165, 1.54) is 0 Å². The van der Waals surface area contributed by atoms with E-state index in [9.17, 15) is 0 Å². The van der Waals surface area contributed by atoms with Crippen molar-refractivity contribution >= 4 is 22.4 Å². The topological polar surface area (TPSA) is 27.7 Å². The maximum absolute atomic E-state index is 5.42. The Morgan fingerprint density at radius 3 is 2.64 bits per heavy atom. The van der Waals surface area contributed by atoms with Crippen molar-refractivity contribution in [2.45, 2.75) is 18.9 Å². The first-order valence-electron chi connectivity index (χ1n) is 4.94. The van der Waals surface area contributed by atoms with Gasteiger partial charge >= 0.3 is 0 Å². The molecule has 0 aromatic carbocycles. The molecule has 84 valence electrons. The first-order valence-corrected chi connectivity index (χ1v) is 6.68. The summed E-state index contributed by atoms with van der Waals surface area (Å²) >= 11 is 4.13. The van der Waals surface area contributed by atoms with Gasteiger partial charge in [-0.2, -0.15) is 12.6 Å². The van der Waals surface area contributed by atoms with Gasteiger partial charge in [0.05, 0.1) is 13.2 Å². The van der Waals surface area contributed by atoms with Crippen molar-refractivity contribution in [3.05, 3.63) is 0 Å². The average molecular weight is 236 g/mol. The highest BCUT2D eigenvalue weighted by molar-refractivity contribution is 7.80. The standard InChI is InChI=1S/C9H20O3SSi/c1-10-6-7-11-4-2-5-12-14-9-3-8-13/h13H,2-9H2,1H3. The van der Waals surface area contributed by atoms with Crippen LogP contribution in [0.25, 0.3) is 0 Å². The summed E-state index contributed by atoms with van der Waals surface area (Å²) in [6, 6.07) is 1.13. The van der Waals surface area contributed by atoms with Crippen LogP contribution in [-0.4, -0.2) is 49.1 Å². The summed E-state index contributed by atoms with van der Waals surface area (Å²) in [5.41, 5.74) is 0. The van der Waals surface area contributed by atoms with Gasteiger partial charge in [0, 0.05) is 20.3 Å². The van der Waals surface area contributed by atoms with Crippen molar-refractivity contribution < 1.29 is 13.9 Å². The molecule has 0 aliphatic heterocycles. The predicted octanol–water partition coefficient (Wildman–Crippen LogP) is 1.41. The SMILES string of the molecule is COCCOCCCO[Si]CCCS. The molecule has 0 bridgehead atoms. The van der Waals surface area contributed by atoms with E-state index in [1.54, 1.807) is 7.11 Å². The van der Waals surface area contributed by atoms with E-state index in [4.69, 9.17) is 13.9 Å².